The van der Waals surface area contributed by atoms with Gasteiger partial charge in [-0.05, 0) is 37.6 Å². The van der Waals surface area contributed by atoms with Crippen LogP contribution in [0.3, 0.4) is 0 Å². The van der Waals surface area contributed by atoms with Crippen molar-refractivity contribution in [1.29, 1.82) is 0 Å². The third-order valence-corrected chi connectivity index (χ3v) is 4.06. The molecule has 0 spiro atoms. The maximum atomic E-state index is 5.80. The summed E-state index contributed by atoms with van der Waals surface area (Å²) < 4.78 is 5.80. The summed E-state index contributed by atoms with van der Waals surface area (Å²) in [6, 6.07) is 8.21. The van der Waals surface area contributed by atoms with Gasteiger partial charge in [0.25, 0.3) is 0 Å². The predicted octanol–water partition coefficient (Wildman–Crippen LogP) is 2.13. The molecule has 2 heterocycles. The third-order valence-electron chi connectivity index (χ3n) is 4.06. The van der Waals surface area contributed by atoms with Gasteiger partial charge in [0, 0.05) is 42.9 Å². The summed E-state index contributed by atoms with van der Waals surface area (Å²) >= 11 is 0. The van der Waals surface area contributed by atoms with E-state index >= 15 is 0 Å². The number of nitrogens with two attached hydrogens (primary N) is 1. The van der Waals surface area contributed by atoms with Crippen LogP contribution in [-0.4, -0.2) is 25.8 Å². The number of benzene rings is 1. The van der Waals surface area contributed by atoms with Gasteiger partial charge in [0.15, 0.2) is 0 Å². The zero-order chi connectivity index (χ0) is 11.8. The first kappa shape index (κ1) is 10.9. The summed E-state index contributed by atoms with van der Waals surface area (Å²) in [5.41, 5.74) is 7.85. The predicted molar refractivity (Wildman–Crippen MR) is 70.1 cm³/mol. The van der Waals surface area contributed by atoms with Crippen molar-refractivity contribution in [1.82, 2.24) is 0 Å². The summed E-state index contributed by atoms with van der Waals surface area (Å²) in [5.74, 6) is 1.46. The fourth-order valence-corrected chi connectivity index (χ4v) is 3.20. The molecular weight excluding hydrogens is 212 g/mol. The quantitative estimate of drug-likeness (QED) is 0.811. The second-order valence-corrected chi connectivity index (χ2v) is 5.17. The molecule has 17 heavy (non-hydrogen) atoms. The van der Waals surface area contributed by atoms with Crippen molar-refractivity contribution in [2.45, 2.75) is 19.4 Å². The lowest BCUT2D eigenvalue weighted by atomic mass is 9.68. The molecule has 3 aliphatic rings. The molecule has 2 N–H and O–H groups in total. The summed E-state index contributed by atoms with van der Waals surface area (Å²) in [5, 5.41) is 0. The van der Waals surface area contributed by atoms with Gasteiger partial charge < -0.3 is 15.4 Å². The van der Waals surface area contributed by atoms with Crippen molar-refractivity contribution >= 4 is 11.4 Å². The first-order valence-corrected chi connectivity index (χ1v) is 6.50. The van der Waals surface area contributed by atoms with Crippen molar-refractivity contribution in [3.8, 4) is 0 Å². The van der Waals surface area contributed by atoms with Crippen LogP contribution >= 0.6 is 0 Å². The zero-order valence-corrected chi connectivity index (χ0v) is 10.3. The van der Waals surface area contributed by atoms with Gasteiger partial charge in [0.2, 0.25) is 0 Å². The molecule has 3 nitrogen and oxygen atoms in total. The first-order valence-electron chi connectivity index (χ1n) is 6.50. The van der Waals surface area contributed by atoms with E-state index in [1.165, 1.54) is 12.1 Å². The fraction of sp³-hybridized carbons (Fsp3) is 0.571. The van der Waals surface area contributed by atoms with Crippen molar-refractivity contribution < 1.29 is 4.74 Å². The molecule has 0 radical (unpaired) electrons. The second kappa shape index (κ2) is 4.22. The number of hydrogen-bond acceptors (Lipinski definition) is 3. The molecule has 3 fully saturated rings. The van der Waals surface area contributed by atoms with Crippen LogP contribution in [0.1, 0.15) is 13.3 Å². The Hall–Kier alpha value is -1.22. The number of fused-ring (bicyclic) bond motifs is 2. The summed E-state index contributed by atoms with van der Waals surface area (Å²) in [7, 11) is 0. The van der Waals surface area contributed by atoms with Gasteiger partial charge in [0.1, 0.15) is 0 Å². The van der Waals surface area contributed by atoms with Crippen LogP contribution in [0.4, 0.5) is 11.4 Å². The highest BCUT2D eigenvalue weighted by Crippen LogP contribution is 2.43. The molecule has 0 aromatic heterocycles. The number of piperidine rings is 2. The van der Waals surface area contributed by atoms with E-state index in [1.807, 2.05) is 12.1 Å². The van der Waals surface area contributed by atoms with E-state index in [1.54, 1.807) is 0 Å². The van der Waals surface area contributed by atoms with Crippen molar-refractivity contribution in [3.05, 3.63) is 24.3 Å². The Labute approximate surface area is 103 Å². The topological polar surface area (TPSA) is 38.5 Å². The van der Waals surface area contributed by atoms with E-state index in [4.69, 9.17) is 10.5 Å². The SMILES string of the molecule is CCOC1C2CC1CN(c1ccc(N)cc1)C2. The number of rotatable bonds is 3. The van der Waals surface area contributed by atoms with Crippen LogP contribution in [0.25, 0.3) is 0 Å². The first-order chi connectivity index (χ1) is 8.28. The smallest absolute Gasteiger partial charge is 0.0665 e. The molecule has 2 atom stereocenters. The van der Waals surface area contributed by atoms with Crippen LogP contribution in [0.15, 0.2) is 24.3 Å². The zero-order valence-electron chi connectivity index (χ0n) is 10.3. The van der Waals surface area contributed by atoms with Crippen molar-refractivity contribution in [3.63, 3.8) is 0 Å². The highest BCUT2D eigenvalue weighted by molar-refractivity contribution is 5.53. The Kier molecular flexibility index (Phi) is 2.71. The summed E-state index contributed by atoms with van der Waals surface area (Å²) in [4.78, 5) is 2.47. The fourth-order valence-electron chi connectivity index (χ4n) is 3.20. The molecule has 1 aromatic carbocycles. The normalized spacial score (nSPS) is 31.1. The minimum Gasteiger partial charge on any atom is -0.399 e. The molecule has 4 rings (SSSR count). The van der Waals surface area contributed by atoms with Crippen molar-refractivity contribution in [2.75, 3.05) is 30.3 Å². The Morgan fingerprint density at radius 1 is 1.24 bits per heavy atom. The molecule has 2 bridgehead atoms. The molecule has 2 saturated heterocycles. The van der Waals surface area contributed by atoms with Gasteiger partial charge >= 0.3 is 0 Å². The van der Waals surface area contributed by atoms with Crippen LogP contribution in [0.2, 0.25) is 0 Å². The van der Waals surface area contributed by atoms with E-state index in [0.717, 1.165) is 37.2 Å². The molecule has 1 aliphatic carbocycles. The monoisotopic (exact) mass is 232 g/mol. The lowest BCUT2D eigenvalue weighted by molar-refractivity contribution is -0.0995. The second-order valence-electron chi connectivity index (χ2n) is 5.17. The molecule has 1 saturated carbocycles. The molecule has 2 unspecified atom stereocenters. The largest absolute Gasteiger partial charge is 0.399 e. The molecule has 3 heteroatoms. The number of hydrogen-bond donors (Lipinski definition) is 1. The average Bonchev–Trinajstić information content (AvgIpc) is 2.37. The lowest BCUT2D eigenvalue weighted by Crippen LogP contribution is -2.59. The van der Waals surface area contributed by atoms with E-state index in [-0.39, 0.29) is 0 Å². The summed E-state index contributed by atoms with van der Waals surface area (Å²) in [6.45, 7) is 5.20. The number of ether oxygens (including phenoxy) is 1. The number of anilines is 2. The van der Waals surface area contributed by atoms with Crippen molar-refractivity contribution in [2.24, 2.45) is 11.8 Å². The van der Waals surface area contributed by atoms with E-state index in [9.17, 15) is 0 Å². The van der Waals surface area contributed by atoms with Crippen LogP contribution in [0.5, 0.6) is 0 Å². The minimum atomic E-state index is 0.519. The Morgan fingerprint density at radius 3 is 2.47 bits per heavy atom. The minimum absolute atomic E-state index is 0.519. The Bertz CT molecular complexity index is 378. The standard InChI is InChI=1S/C14H20N2O/c1-2-17-14-10-7-11(14)9-16(8-10)13-5-3-12(15)4-6-13/h3-6,10-11,14H,2,7-9,15H2,1H3. The van der Waals surface area contributed by atoms with Gasteiger partial charge in [-0.15, -0.1) is 0 Å². The summed E-state index contributed by atoms with van der Waals surface area (Å²) in [6.07, 6.45) is 1.86. The number of nitrogens with zero attached hydrogens (tertiary/aromatic N) is 1. The lowest BCUT2D eigenvalue weighted by Gasteiger charge is -2.53. The molecule has 0 amide bonds. The van der Waals surface area contributed by atoms with Gasteiger partial charge in [-0.3, -0.25) is 0 Å². The molecule has 2 aliphatic heterocycles. The van der Waals surface area contributed by atoms with E-state index in [2.05, 4.69) is 24.0 Å². The Morgan fingerprint density at radius 2 is 1.88 bits per heavy atom. The van der Waals surface area contributed by atoms with Crippen LogP contribution in [-0.2, 0) is 4.74 Å². The maximum absolute atomic E-state index is 5.80. The van der Waals surface area contributed by atoms with E-state index < -0.39 is 0 Å². The number of nitrogen functional groups attached to an aromatic ring is 1. The van der Waals surface area contributed by atoms with Crippen LogP contribution in [0, 0.1) is 11.8 Å². The van der Waals surface area contributed by atoms with Crippen LogP contribution < -0.4 is 10.6 Å². The molecule has 1 aromatic rings. The highest BCUT2D eigenvalue weighted by atomic mass is 16.5. The average molecular weight is 232 g/mol. The molecular formula is C14H20N2O. The van der Waals surface area contributed by atoms with Gasteiger partial charge in [-0.25, -0.2) is 0 Å². The van der Waals surface area contributed by atoms with Gasteiger partial charge in [-0.2, -0.15) is 0 Å². The highest BCUT2D eigenvalue weighted by Gasteiger charge is 2.47. The van der Waals surface area contributed by atoms with E-state index in [0.29, 0.717) is 6.10 Å². The Balaban J connectivity index is 1.67. The van der Waals surface area contributed by atoms with Gasteiger partial charge in [-0.1, -0.05) is 0 Å². The van der Waals surface area contributed by atoms with Gasteiger partial charge in [0.05, 0.1) is 6.10 Å². The maximum Gasteiger partial charge on any atom is 0.0665 e. The molecule has 92 valence electrons. The third kappa shape index (κ3) is 1.89.